The van der Waals surface area contributed by atoms with E-state index in [1.54, 1.807) is 6.20 Å². The average molecular weight is 274 g/mol. The number of aryl methyl sites for hydroxylation is 1. The van der Waals surface area contributed by atoms with E-state index < -0.39 is 0 Å². The van der Waals surface area contributed by atoms with E-state index in [9.17, 15) is 4.79 Å². The van der Waals surface area contributed by atoms with E-state index in [1.165, 1.54) is 18.4 Å². The molecule has 1 aromatic rings. The van der Waals surface area contributed by atoms with Gasteiger partial charge in [0.1, 0.15) is 0 Å². The second-order valence-corrected chi connectivity index (χ2v) is 5.95. The highest BCUT2D eigenvalue weighted by Gasteiger charge is 2.28. The van der Waals surface area contributed by atoms with Crippen LogP contribution in [0.25, 0.3) is 0 Å². The molecule has 0 atom stereocenters. The molecule has 2 fully saturated rings. The van der Waals surface area contributed by atoms with Crippen molar-refractivity contribution in [2.24, 2.45) is 5.92 Å². The summed E-state index contributed by atoms with van der Waals surface area (Å²) in [5.74, 6) is 1.15. The Balaban J connectivity index is 1.64. The molecule has 1 aliphatic carbocycles. The first-order valence-corrected chi connectivity index (χ1v) is 7.56. The van der Waals surface area contributed by atoms with Crippen molar-refractivity contribution in [1.29, 1.82) is 0 Å². The van der Waals surface area contributed by atoms with Crippen molar-refractivity contribution >= 4 is 5.91 Å². The first-order valence-electron chi connectivity index (χ1n) is 7.56. The standard InChI is InChI=1S/C16H22N2O2/c1-11-8-14(13-2-3-13)15(10-17-11)16(19)18-9-12-4-6-20-7-5-12/h8,10,12-13H,2-7,9H2,1H3,(H,18,19). The number of carbonyl (C=O) groups is 1. The van der Waals surface area contributed by atoms with Gasteiger partial charge in [-0.05, 0) is 56.1 Å². The van der Waals surface area contributed by atoms with Crippen molar-refractivity contribution in [3.63, 3.8) is 0 Å². The Bertz CT molecular complexity index is 491. The molecule has 1 saturated heterocycles. The Morgan fingerprint density at radius 3 is 2.80 bits per heavy atom. The molecule has 0 spiro atoms. The van der Waals surface area contributed by atoms with E-state index in [-0.39, 0.29) is 5.91 Å². The normalized spacial score (nSPS) is 19.9. The minimum Gasteiger partial charge on any atom is -0.381 e. The van der Waals surface area contributed by atoms with E-state index in [2.05, 4.69) is 16.4 Å². The second kappa shape index (κ2) is 5.92. The van der Waals surface area contributed by atoms with Gasteiger partial charge in [0.05, 0.1) is 5.56 Å². The molecule has 1 amide bonds. The largest absolute Gasteiger partial charge is 0.381 e. The quantitative estimate of drug-likeness (QED) is 0.917. The third-order valence-electron chi connectivity index (χ3n) is 4.23. The van der Waals surface area contributed by atoms with Crippen LogP contribution in [-0.4, -0.2) is 30.6 Å². The first kappa shape index (κ1) is 13.6. The van der Waals surface area contributed by atoms with Gasteiger partial charge in [-0.3, -0.25) is 9.78 Å². The molecule has 2 heterocycles. The van der Waals surface area contributed by atoms with Gasteiger partial charge in [0.15, 0.2) is 0 Å². The average Bonchev–Trinajstić information content (AvgIpc) is 3.30. The van der Waals surface area contributed by atoms with Crippen molar-refractivity contribution in [3.8, 4) is 0 Å². The van der Waals surface area contributed by atoms with Gasteiger partial charge in [-0.1, -0.05) is 0 Å². The molecule has 1 aliphatic heterocycles. The Labute approximate surface area is 119 Å². The lowest BCUT2D eigenvalue weighted by molar-refractivity contribution is 0.0642. The number of hydrogen-bond donors (Lipinski definition) is 1. The molecule has 1 saturated carbocycles. The van der Waals surface area contributed by atoms with E-state index in [4.69, 9.17) is 4.74 Å². The van der Waals surface area contributed by atoms with Crippen LogP contribution >= 0.6 is 0 Å². The number of amides is 1. The SMILES string of the molecule is Cc1cc(C2CC2)c(C(=O)NCC2CCOCC2)cn1. The van der Waals surface area contributed by atoms with Gasteiger partial charge >= 0.3 is 0 Å². The molecule has 4 heteroatoms. The summed E-state index contributed by atoms with van der Waals surface area (Å²) in [4.78, 5) is 16.7. The number of pyridine rings is 1. The summed E-state index contributed by atoms with van der Waals surface area (Å²) in [7, 11) is 0. The van der Waals surface area contributed by atoms with Gasteiger partial charge in [-0.2, -0.15) is 0 Å². The Morgan fingerprint density at radius 1 is 1.35 bits per heavy atom. The summed E-state index contributed by atoms with van der Waals surface area (Å²) in [6.07, 6.45) is 6.22. The molecule has 108 valence electrons. The summed E-state index contributed by atoms with van der Waals surface area (Å²) in [6, 6.07) is 2.07. The van der Waals surface area contributed by atoms with Crippen LogP contribution in [0.5, 0.6) is 0 Å². The zero-order valence-corrected chi connectivity index (χ0v) is 12.0. The van der Waals surface area contributed by atoms with Crippen molar-refractivity contribution in [1.82, 2.24) is 10.3 Å². The number of carbonyl (C=O) groups excluding carboxylic acids is 1. The van der Waals surface area contributed by atoms with Crippen molar-refractivity contribution in [2.75, 3.05) is 19.8 Å². The maximum absolute atomic E-state index is 12.4. The minimum atomic E-state index is 0.0332. The number of aromatic nitrogens is 1. The maximum atomic E-state index is 12.4. The summed E-state index contributed by atoms with van der Waals surface area (Å²) in [5, 5.41) is 3.08. The highest BCUT2D eigenvalue weighted by atomic mass is 16.5. The summed E-state index contributed by atoms with van der Waals surface area (Å²) in [5.41, 5.74) is 2.94. The molecule has 2 aliphatic rings. The molecule has 3 rings (SSSR count). The molecule has 0 bridgehead atoms. The smallest absolute Gasteiger partial charge is 0.253 e. The topological polar surface area (TPSA) is 51.2 Å². The van der Waals surface area contributed by atoms with Crippen LogP contribution in [0.15, 0.2) is 12.3 Å². The van der Waals surface area contributed by atoms with Crippen LogP contribution in [0.4, 0.5) is 0 Å². The molecular weight excluding hydrogens is 252 g/mol. The lowest BCUT2D eigenvalue weighted by Crippen LogP contribution is -2.32. The molecule has 0 radical (unpaired) electrons. The van der Waals surface area contributed by atoms with Crippen LogP contribution < -0.4 is 5.32 Å². The van der Waals surface area contributed by atoms with Crippen LogP contribution in [0.2, 0.25) is 0 Å². The predicted octanol–water partition coefficient (Wildman–Crippen LogP) is 2.42. The van der Waals surface area contributed by atoms with Crippen LogP contribution in [0, 0.1) is 12.8 Å². The third kappa shape index (κ3) is 3.18. The number of nitrogens with one attached hydrogen (secondary N) is 1. The predicted molar refractivity (Wildman–Crippen MR) is 76.8 cm³/mol. The van der Waals surface area contributed by atoms with E-state index in [1.807, 2.05) is 6.92 Å². The number of rotatable bonds is 4. The molecule has 1 N–H and O–H groups in total. The number of nitrogens with zero attached hydrogens (tertiary/aromatic N) is 1. The van der Waals surface area contributed by atoms with Gasteiger partial charge in [0, 0.05) is 31.6 Å². The lowest BCUT2D eigenvalue weighted by atomic mass is 9.99. The van der Waals surface area contributed by atoms with Crippen LogP contribution in [-0.2, 0) is 4.74 Å². The van der Waals surface area contributed by atoms with Gasteiger partial charge in [0.25, 0.3) is 5.91 Å². The molecule has 20 heavy (non-hydrogen) atoms. The molecule has 1 aromatic heterocycles. The van der Waals surface area contributed by atoms with Crippen molar-refractivity contribution < 1.29 is 9.53 Å². The van der Waals surface area contributed by atoms with E-state index >= 15 is 0 Å². The van der Waals surface area contributed by atoms with Gasteiger partial charge in [-0.25, -0.2) is 0 Å². The van der Waals surface area contributed by atoms with Gasteiger partial charge in [0.2, 0.25) is 0 Å². The van der Waals surface area contributed by atoms with Crippen molar-refractivity contribution in [3.05, 3.63) is 29.1 Å². The summed E-state index contributed by atoms with van der Waals surface area (Å²) in [6.45, 7) is 4.37. The molecule has 4 nitrogen and oxygen atoms in total. The molecular formula is C16H22N2O2. The Kier molecular flexibility index (Phi) is 4.01. The number of hydrogen-bond acceptors (Lipinski definition) is 3. The van der Waals surface area contributed by atoms with E-state index in [0.29, 0.717) is 11.8 Å². The zero-order valence-electron chi connectivity index (χ0n) is 12.0. The lowest BCUT2D eigenvalue weighted by Gasteiger charge is -2.22. The van der Waals surface area contributed by atoms with Crippen LogP contribution in [0.3, 0.4) is 0 Å². The van der Waals surface area contributed by atoms with Crippen molar-refractivity contribution in [2.45, 2.75) is 38.5 Å². The highest BCUT2D eigenvalue weighted by molar-refractivity contribution is 5.95. The first-order chi connectivity index (χ1) is 9.74. The van der Waals surface area contributed by atoms with Gasteiger partial charge < -0.3 is 10.1 Å². The molecule has 0 aromatic carbocycles. The Hall–Kier alpha value is -1.42. The molecule has 0 unspecified atom stereocenters. The third-order valence-corrected chi connectivity index (χ3v) is 4.23. The second-order valence-electron chi connectivity index (χ2n) is 5.95. The fourth-order valence-corrected chi connectivity index (χ4v) is 2.79. The minimum absolute atomic E-state index is 0.0332. The van der Waals surface area contributed by atoms with E-state index in [0.717, 1.165) is 43.9 Å². The summed E-state index contributed by atoms with van der Waals surface area (Å²) < 4.78 is 5.34. The highest BCUT2D eigenvalue weighted by Crippen LogP contribution is 2.41. The number of ether oxygens (including phenoxy) is 1. The van der Waals surface area contributed by atoms with Crippen LogP contribution in [0.1, 0.15) is 53.2 Å². The Morgan fingerprint density at radius 2 is 2.10 bits per heavy atom. The fraction of sp³-hybridized carbons (Fsp3) is 0.625. The van der Waals surface area contributed by atoms with Gasteiger partial charge in [-0.15, -0.1) is 0 Å². The maximum Gasteiger partial charge on any atom is 0.253 e. The fourth-order valence-electron chi connectivity index (χ4n) is 2.79. The summed E-state index contributed by atoms with van der Waals surface area (Å²) >= 11 is 0. The monoisotopic (exact) mass is 274 g/mol. The zero-order chi connectivity index (χ0) is 13.9.